The van der Waals surface area contributed by atoms with E-state index < -0.39 is 23.4 Å². The number of nitrogens with one attached hydrogen (secondary N) is 1. The number of carbonyl (C=O) groups is 2. The molecule has 1 amide bonds. The molecule has 0 spiro atoms. The minimum Gasteiger partial charge on any atom is -0.461 e. The maximum absolute atomic E-state index is 12.7. The molecule has 1 aliphatic heterocycles. The molecule has 1 fully saturated rings. The molecule has 0 saturated carbocycles. The van der Waals surface area contributed by atoms with Gasteiger partial charge in [-0.2, -0.15) is 13.2 Å². The number of pyridine rings is 1. The summed E-state index contributed by atoms with van der Waals surface area (Å²) in [6, 6.07) is 1.86. The van der Waals surface area contributed by atoms with Crippen LogP contribution in [0.3, 0.4) is 0 Å². The molecule has 1 aliphatic rings. The molecule has 1 saturated heterocycles. The summed E-state index contributed by atoms with van der Waals surface area (Å²) < 4.78 is 42.9. The topological polar surface area (TPSA) is 68.3 Å². The van der Waals surface area contributed by atoms with Gasteiger partial charge in [-0.25, -0.2) is 9.78 Å². The minimum absolute atomic E-state index is 0.120. The summed E-state index contributed by atoms with van der Waals surface area (Å²) in [7, 11) is 0. The van der Waals surface area contributed by atoms with E-state index in [-0.39, 0.29) is 24.9 Å². The highest BCUT2D eigenvalue weighted by Gasteiger charge is 2.36. The summed E-state index contributed by atoms with van der Waals surface area (Å²) in [5.41, 5.74) is -1.90. The van der Waals surface area contributed by atoms with Crippen LogP contribution in [0.5, 0.6) is 0 Å². The maximum atomic E-state index is 12.7. The third-order valence-corrected chi connectivity index (χ3v) is 2.82. The fourth-order valence-electron chi connectivity index (χ4n) is 1.84. The Morgan fingerprint density at radius 1 is 1.50 bits per heavy atom. The molecule has 108 valence electrons. The van der Waals surface area contributed by atoms with Crippen LogP contribution in [0.25, 0.3) is 0 Å². The first kappa shape index (κ1) is 14.3. The van der Waals surface area contributed by atoms with E-state index >= 15 is 0 Å². The summed E-state index contributed by atoms with van der Waals surface area (Å²) in [4.78, 5) is 26.0. The molecule has 0 radical (unpaired) electrons. The number of hydrogen-bond donors (Lipinski definition) is 1. The Hall–Kier alpha value is -2.12. The molecule has 1 atom stereocenters. The van der Waals surface area contributed by atoms with Crippen molar-refractivity contribution in [3.8, 4) is 0 Å². The van der Waals surface area contributed by atoms with E-state index in [9.17, 15) is 22.8 Å². The highest BCUT2D eigenvalue weighted by atomic mass is 19.4. The standard InChI is InChI=1S/C12H11F3N2O3/c13-12(14,15)8-2-1-3-16-10(8)11(19)20-6-7-4-9(18)17-5-7/h1-3,7H,4-6H2,(H,17,18)/t7-/m1/s1. The summed E-state index contributed by atoms with van der Waals surface area (Å²) in [6.07, 6.45) is -3.39. The second-order valence-electron chi connectivity index (χ2n) is 4.37. The van der Waals surface area contributed by atoms with Crippen molar-refractivity contribution in [3.05, 3.63) is 29.6 Å². The van der Waals surface area contributed by atoms with Crippen LogP contribution in [-0.4, -0.2) is 30.0 Å². The van der Waals surface area contributed by atoms with Gasteiger partial charge >= 0.3 is 12.1 Å². The van der Waals surface area contributed by atoms with Crippen molar-refractivity contribution in [1.82, 2.24) is 10.3 Å². The van der Waals surface area contributed by atoms with Gasteiger partial charge < -0.3 is 10.1 Å². The van der Waals surface area contributed by atoms with Crippen molar-refractivity contribution in [2.45, 2.75) is 12.6 Å². The fraction of sp³-hybridized carbons (Fsp3) is 0.417. The van der Waals surface area contributed by atoms with Crippen molar-refractivity contribution < 1.29 is 27.5 Å². The van der Waals surface area contributed by atoms with E-state index in [1.165, 1.54) is 0 Å². The molecule has 0 aliphatic carbocycles. The fourth-order valence-corrected chi connectivity index (χ4v) is 1.84. The number of rotatable bonds is 3. The molecule has 1 aromatic heterocycles. The largest absolute Gasteiger partial charge is 0.461 e. The SMILES string of the molecule is O=C1C[C@@H](COC(=O)c2ncccc2C(F)(F)F)CN1. The number of aromatic nitrogens is 1. The number of halogens is 3. The van der Waals surface area contributed by atoms with Crippen molar-refractivity contribution in [2.24, 2.45) is 5.92 Å². The number of nitrogens with zero attached hydrogens (tertiary/aromatic N) is 1. The van der Waals surface area contributed by atoms with E-state index in [1.807, 2.05) is 0 Å². The molecular formula is C12H11F3N2O3. The minimum atomic E-state index is -4.67. The van der Waals surface area contributed by atoms with E-state index in [0.29, 0.717) is 6.54 Å². The van der Waals surface area contributed by atoms with Crippen LogP contribution >= 0.6 is 0 Å². The van der Waals surface area contributed by atoms with E-state index in [0.717, 1.165) is 18.3 Å². The van der Waals surface area contributed by atoms with Crippen molar-refractivity contribution >= 4 is 11.9 Å². The molecule has 8 heteroatoms. The Labute approximate surface area is 112 Å². The second-order valence-corrected chi connectivity index (χ2v) is 4.37. The van der Waals surface area contributed by atoms with E-state index in [2.05, 4.69) is 10.3 Å². The monoisotopic (exact) mass is 288 g/mol. The smallest absolute Gasteiger partial charge is 0.418 e. The average molecular weight is 288 g/mol. The van der Waals surface area contributed by atoms with Crippen LogP contribution in [0.1, 0.15) is 22.5 Å². The molecule has 2 rings (SSSR count). The predicted molar refractivity (Wildman–Crippen MR) is 60.6 cm³/mol. The normalized spacial score (nSPS) is 18.8. The number of esters is 1. The Bertz CT molecular complexity index is 531. The Balaban J connectivity index is 2.04. The number of hydrogen-bond acceptors (Lipinski definition) is 4. The second kappa shape index (κ2) is 5.48. The lowest BCUT2D eigenvalue weighted by molar-refractivity contribution is -0.138. The van der Waals surface area contributed by atoms with Gasteiger partial charge in [0.15, 0.2) is 5.69 Å². The molecule has 0 aromatic carbocycles. The lowest BCUT2D eigenvalue weighted by Crippen LogP contribution is -2.20. The van der Waals surface area contributed by atoms with Gasteiger partial charge in [0.05, 0.1) is 12.2 Å². The maximum Gasteiger partial charge on any atom is 0.418 e. The van der Waals surface area contributed by atoms with Gasteiger partial charge in [-0.15, -0.1) is 0 Å². The van der Waals surface area contributed by atoms with Crippen LogP contribution in [-0.2, 0) is 15.7 Å². The number of carbonyl (C=O) groups excluding carboxylic acids is 2. The molecule has 5 nitrogen and oxygen atoms in total. The first-order valence-corrected chi connectivity index (χ1v) is 5.84. The van der Waals surface area contributed by atoms with Crippen LogP contribution in [0, 0.1) is 5.92 Å². The highest BCUT2D eigenvalue weighted by molar-refractivity contribution is 5.89. The van der Waals surface area contributed by atoms with Gasteiger partial charge in [-0.05, 0) is 12.1 Å². The molecule has 1 aromatic rings. The lowest BCUT2D eigenvalue weighted by Gasteiger charge is -2.12. The summed E-state index contributed by atoms with van der Waals surface area (Å²) in [5.74, 6) is -1.53. The van der Waals surface area contributed by atoms with Crippen molar-refractivity contribution in [1.29, 1.82) is 0 Å². The Morgan fingerprint density at radius 2 is 2.25 bits per heavy atom. The lowest BCUT2D eigenvalue weighted by atomic mass is 10.1. The zero-order chi connectivity index (χ0) is 14.8. The Morgan fingerprint density at radius 3 is 2.85 bits per heavy atom. The molecule has 20 heavy (non-hydrogen) atoms. The van der Waals surface area contributed by atoms with Gasteiger partial charge in [0, 0.05) is 25.1 Å². The molecule has 2 heterocycles. The Kier molecular flexibility index (Phi) is 3.91. The van der Waals surface area contributed by atoms with Crippen molar-refractivity contribution in [3.63, 3.8) is 0 Å². The van der Waals surface area contributed by atoms with Gasteiger partial charge in [0.25, 0.3) is 0 Å². The van der Waals surface area contributed by atoms with Crippen LogP contribution in [0.4, 0.5) is 13.2 Å². The first-order valence-electron chi connectivity index (χ1n) is 5.84. The van der Waals surface area contributed by atoms with Crippen molar-refractivity contribution in [2.75, 3.05) is 13.2 Å². The summed E-state index contributed by atoms with van der Waals surface area (Å²) in [5, 5.41) is 2.54. The molecule has 1 N–H and O–H groups in total. The van der Waals surface area contributed by atoms with Gasteiger partial charge in [0.1, 0.15) is 0 Å². The molecule has 0 unspecified atom stereocenters. The van der Waals surface area contributed by atoms with Crippen LogP contribution < -0.4 is 5.32 Å². The third kappa shape index (κ3) is 3.25. The zero-order valence-electron chi connectivity index (χ0n) is 10.2. The average Bonchev–Trinajstić information content (AvgIpc) is 2.81. The highest BCUT2D eigenvalue weighted by Crippen LogP contribution is 2.31. The van der Waals surface area contributed by atoms with Gasteiger partial charge in [0.2, 0.25) is 5.91 Å². The number of ether oxygens (including phenoxy) is 1. The first-order chi connectivity index (χ1) is 9.38. The van der Waals surface area contributed by atoms with Crippen LogP contribution in [0.2, 0.25) is 0 Å². The zero-order valence-corrected chi connectivity index (χ0v) is 10.2. The number of amides is 1. The third-order valence-electron chi connectivity index (χ3n) is 2.82. The predicted octanol–water partition coefficient (Wildman–Crippen LogP) is 1.39. The molecular weight excluding hydrogens is 277 g/mol. The quantitative estimate of drug-likeness (QED) is 0.853. The number of alkyl halides is 3. The van der Waals surface area contributed by atoms with Crippen LogP contribution in [0.15, 0.2) is 18.3 Å². The van der Waals surface area contributed by atoms with E-state index in [4.69, 9.17) is 4.74 Å². The van der Waals surface area contributed by atoms with Gasteiger partial charge in [-0.3, -0.25) is 4.79 Å². The van der Waals surface area contributed by atoms with E-state index in [1.54, 1.807) is 0 Å². The summed E-state index contributed by atoms with van der Waals surface area (Å²) in [6.45, 7) is 0.228. The van der Waals surface area contributed by atoms with Gasteiger partial charge in [-0.1, -0.05) is 0 Å². The molecule has 0 bridgehead atoms. The summed E-state index contributed by atoms with van der Waals surface area (Å²) >= 11 is 0.